The van der Waals surface area contributed by atoms with Crippen LogP contribution in [0, 0.1) is 6.57 Å². The van der Waals surface area contributed by atoms with Crippen molar-refractivity contribution < 1.29 is 9.53 Å². The average Bonchev–Trinajstić information content (AvgIpc) is 2.68. The molecule has 1 amide bonds. The molecule has 0 saturated carbocycles. The molecule has 0 spiro atoms. The number of nitrogens with zero attached hydrogens (tertiary/aromatic N) is 1. The van der Waals surface area contributed by atoms with Gasteiger partial charge in [0.05, 0.1) is 25.3 Å². The Bertz CT molecular complexity index is 1080. The Balaban J connectivity index is 2.10. The summed E-state index contributed by atoms with van der Waals surface area (Å²) < 4.78 is 5.32. The van der Waals surface area contributed by atoms with Crippen molar-refractivity contribution in [3.8, 4) is 5.75 Å². The van der Waals surface area contributed by atoms with Crippen LogP contribution in [0.15, 0.2) is 65.1 Å². The lowest BCUT2D eigenvalue weighted by molar-refractivity contribution is -0.113. The molecule has 1 aliphatic rings. The number of amides is 1. The second kappa shape index (κ2) is 8.60. The first kappa shape index (κ1) is 20.8. The van der Waals surface area contributed by atoms with E-state index in [2.05, 4.69) is 15.5 Å². The van der Waals surface area contributed by atoms with Crippen LogP contribution < -0.4 is 15.4 Å². The van der Waals surface area contributed by atoms with Crippen LogP contribution in [0.5, 0.6) is 5.75 Å². The zero-order chi connectivity index (χ0) is 21.1. The van der Waals surface area contributed by atoms with E-state index in [1.807, 2.05) is 13.0 Å². The largest absolute Gasteiger partial charge is 0.495 e. The second-order valence-electron chi connectivity index (χ2n) is 6.54. The Morgan fingerprint density at radius 3 is 2.55 bits per heavy atom. The summed E-state index contributed by atoms with van der Waals surface area (Å²) in [5, 5.41) is 6.92. The molecular weight excluding hydrogens is 409 g/mol. The monoisotopic (exact) mass is 427 g/mol. The summed E-state index contributed by atoms with van der Waals surface area (Å²) in [6, 6.07) is 12.2. The summed E-state index contributed by atoms with van der Waals surface area (Å²) in [7, 11) is 1.54. The molecule has 0 aromatic heterocycles. The molecule has 7 heteroatoms. The fraction of sp³-hybridized carbons (Fsp3) is 0.182. The zero-order valence-corrected chi connectivity index (χ0v) is 17.7. The van der Waals surface area contributed by atoms with Crippen molar-refractivity contribution in [3.05, 3.63) is 92.2 Å². The standard InChI is InChI=1S/C22H19Cl2N3O2/c1-12-19(22(28)27-17-7-5-6-8-18(17)29-4)20(21(25-3)13(2)26-12)15-10-9-14(23)11-16(15)24/h5-11,20,26H,1-2,4H3,(H,27,28). The number of rotatable bonds is 4. The number of para-hydroxylation sites is 2. The number of carbonyl (C=O) groups excluding carboxylic acids is 1. The van der Waals surface area contributed by atoms with Gasteiger partial charge in [-0.25, -0.2) is 4.85 Å². The lowest BCUT2D eigenvalue weighted by Crippen LogP contribution is -2.30. The third-order valence-corrected chi connectivity index (χ3v) is 5.28. The average molecular weight is 428 g/mol. The summed E-state index contributed by atoms with van der Waals surface area (Å²) in [5.74, 6) is -0.418. The van der Waals surface area contributed by atoms with Gasteiger partial charge in [-0.05, 0) is 43.7 Å². The van der Waals surface area contributed by atoms with Crippen LogP contribution in [0.3, 0.4) is 0 Å². The highest BCUT2D eigenvalue weighted by Crippen LogP contribution is 2.42. The molecule has 29 heavy (non-hydrogen) atoms. The summed E-state index contributed by atoms with van der Waals surface area (Å²) in [6.07, 6.45) is 0. The first-order valence-electron chi connectivity index (χ1n) is 8.82. The quantitative estimate of drug-likeness (QED) is 0.610. The first-order chi connectivity index (χ1) is 13.9. The van der Waals surface area contributed by atoms with E-state index in [4.69, 9.17) is 34.5 Å². The van der Waals surface area contributed by atoms with E-state index >= 15 is 0 Å². The van der Waals surface area contributed by atoms with E-state index < -0.39 is 5.92 Å². The molecule has 0 radical (unpaired) electrons. The van der Waals surface area contributed by atoms with Crippen LogP contribution >= 0.6 is 23.2 Å². The number of dihydropyridines is 1. The van der Waals surface area contributed by atoms with Crippen LogP contribution in [0.1, 0.15) is 25.3 Å². The number of allylic oxidation sites excluding steroid dienone is 3. The number of methoxy groups -OCH3 is 1. The molecule has 1 aliphatic heterocycles. The van der Waals surface area contributed by atoms with Crippen molar-refractivity contribution in [3.63, 3.8) is 0 Å². The highest BCUT2D eigenvalue weighted by atomic mass is 35.5. The minimum absolute atomic E-state index is 0.343. The van der Waals surface area contributed by atoms with Gasteiger partial charge in [0.2, 0.25) is 0 Å². The number of hydrogen-bond donors (Lipinski definition) is 2. The fourth-order valence-corrected chi connectivity index (χ4v) is 3.93. The maximum absolute atomic E-state index is 13.3. The Labute approximate surface area is 179 Å². The molecule has 0 fully saturated rings. The molecule has 5 nitrogen and oxygen atoms in total. The molecular formula is C22H19Cl2N3O2. The summed E-state index contributed by atoms with van der Waals surface area (Å²) in [6.45, 7) is 11.3. The highest BCUT2D eigenvalue weighted by Gasteiger charge is 2.35. The molecule has 0 bridgehead atoms. The van der Waals surface area contributed by atoms with Gasteiger partial charge in [0.1, 0.15) is 5.75 Å². The summed E-state index contributed by atoms with van der Waals surface area (Å²) in [4.78, 5) is 17.0. The number of ether oxygens (including phenoxy) is 1. The van der Waals surface area contributed by atoms with E-state index in [-0.39, 0.29) is 5.91 Å². The van der Waals surface area contributed by atoms with Crippen molar-refractivity contribution in [2.75, 3.05) is 12.4 Å². The predicted octanol–water partition coefficient (Wildman–Crippen LogP) is 5.75. The number of benzene rings is 2. The molecule has 3 rings (SSSR count). The van der Waals surface area contributed by atoms with Crippen molar-refractivity contribution in [2.24, 2.45) is 0 Å². The van der Waals surface area contributed by atoms with Gasteiger partial charge in [0, 0.05) is 27.0 Å². The lowest BCUT2D eigenvalue weighted by Gasteiger charge is -2.29. The molecule has 0 saturated heterocycles. The maximum Gasteiger partial charge on any atom is 0.253 e. The van der Waals surface area contributed by atoms with Gasteiger partial charge in [0.25, 0.3) is 5.91 Å². The van der Waals surface area contributed by atoms with Crippen LogP contribution in [-0.4, -0.2) is 13.0 Å². The van der Waals surface area contributed by atoms with Gasteiger partial charge >= 0.3 is 0 Å². The van der Waals surface area contributed by atoms with Crippen LogP contribution in [0.2, 0.25) is 10.0 Å². The lowest BCUT2D eigenvalue weighted by atomic mass is 9.83. The topological polar surface area (TPSA) is 54.7 Å². The Hall–Kier alpha value is -2.94. The number of nitrogens with one attached hydrogen (secondary N) is 2. The molecule has 2 N–H and O–H groups in total. The first-order valence-corrected chi connectivity index (χ1v) is 9.58. The zero-order valence-electron chi connectivity index (χ0n) is 16.1. The SMILES string of the molecule is [C-]#[N+]C1=C(C)NC(C)=C(C(=O)Nc2ccccc2OC)C1c1ccc(Cl)cc1Cl. The van der Waals surface area contributed by atoms with Gasteiger partial charge in [-0.1, -0.05) is 41.4 Å². The third kappa shape index (κ3) is 4.09. The van der Waals surface area contributed by atoms with Crippen molar-refractivity contribution in [2.45, 2.75) is 19.8 Å². The normalized spacial score (nSPS) is 16.2. The van der Waals surface area contributed by atoms with E-state index in [0.717, 1.165) is 0 Å². The molecule has 1 atom stereocenters. The Morgan fingerprint density at radius 1 is 1.17 bits per heavy atom. The van der Waals surface area contributed by atoms with Gasteiger partial charge in [-0.15, -0.1) is 0 Å². The van der Waals surface area contributed by atoms with Gasteiger partial charge in [0.15, 0.2) is 5.70 Å². The molecule has 148 valence electrons. The van der Waals surface area contributed by atoms with Crippen LogP contribution in [-0.2, 0) is 4.79 Å². The second-order valence-corrected chi connectivity index (χ2v) is 7.38. The van der Waals surface area contributed by atoms with Gasteiger partial charge in [-0.3, -0.25) is 4.79 Å². The number of halogens is 2. The minimum Gasteiger partial charge on any atom is -0.495 e. The maximum atomic E-state index is 13.3. The highest BCUT2D eigenvalue weighted by molar-refractivity contribution is 6.35. The third-order valence-electron chi connectivity index (χ3n) is 4.72. The van der Waals surface area contributed by atoms with E-state index in [1.54, 1.807) is 43.3 Å². The van der Waals surface area contributed by atoms with Crippen LogP contribution in [0.25, 0.3) is 4.85 Å². The molecule has 1 unspecified atom stereocenters. The smallest absolute Gasteiger partial charge is 0.253 e. The Morgan fingerprint density at radius 2 is 1.90 bits per heavy atom. The number of carbonyl (C=O) groups is 1. The van der Waals surface area contributed by atoms with E-state index in [0.29, 0.717) is 49.7 Å². The molecule has 0 aliphatic carbocycles. The van der Waals surface area contributed by atoms with E-state index in [1.165, 1.54) is 7.11 Å². The minimum atomic E-state index is -0.617. The van der Waals surface area contributed by atoms with Crippen molar-refractivity contribution >= 4 is 34.8 Å². The summed E-state index contributed by atoms with van der Waals surface area (Å²) >= 11 is 12.5. The van der Waals surface area contributed by atoms with Gasteiger partial charge in [-0.2, -0.15) is 0 Å². The fourth-order valence-electron chi connectivity index (χ4n) is 3.41. The van der Waals surface area contributed by atoms with E-state index in [9.17, 15) is 4.79 Å². The predicted molar refractivity (Wildman–Crippen MR) is 116 cm³/mol. The van der Waals surface area contributed by atoms with Crippen molar-refractivity contribution in [1.82, 2.24) is 5.32 Å². The summed E-state index contributed by atoms with van der Waals surface area (Å²) in [5.41, 5.74) is 3.34. The number of anilines is 1. The Kier molecular flexibility index (Phi) is 6.17. The molecule has 2 aromatic rings. The molecule has 2 aromatic carbocycles. The molecule has 1 heterocycles. The number of hydrogen-bond acceptors (Lipinski definition) is 3. The van der Waals surface area contributed by atoms with Crippen LogP contribution in [0.4, 0.5) is 5.69 Å². The van der Waals surface area contributed by atoms with Crippen molar-refractivity contribution in [1.29, 1.82) is 0 Å². The van der Waals surface area contributed by atoms with Gasteiger partial charge < -0.3 is 15.4 Å².